The second kappa shape index (κ2) is 5.49. The number of nitrogens with one attached hydrogen (secondary N) is 1. The highest BCUT2D eigenvalue weighted by Crippen LogP contribution is 2.16. The van der Waals surface area contributed by atoms with Gasteiger partial charge in [0.15, 0.2) is 0 Å². The second-order valence-electron chi connectivity index (χ2n) is 4.18. The molecule has 1 aromatic carbocycles. The molecule has 1 aromatic heterocycles. The molecule has 0 saturated carbocycles. The zero-order valence-corrected chi connectivity index (χ0v) is 10.6. The number of rotatable bonds is 3. The van der Waals surface area contributed by atoms with Crippen LogP contribution in [-0.4, -0.2) is 17.9 Å². The first-order chi connectivity index (χ1) is 9.11. The molecule has 3 N–H and O–H groups in total. The highest BCUT2D eigenvalue weighted by atomic mass is 16.2. The molecule has 1 amide bonds. The van der Waals surface area contributed by atoms with Crippen LogP contribution in [0.1, 0.15) is 15.9 Å². The molecular formula is C14H15N3O2. The normalized spacial score (nSPS) is 10.2. The molecule has 0 radical (unpaired) electrons. The maximum Gasteiger partial charge on any atom is 0.259 e. The quantitative estimate of drug-likeness (QED) is 0.864. The van der Waals surface area contributed by atoms with E-state index in [1.165, 1.54) is 23.2 Å². The predicted octanol–water partition coefficient (Wildman–Crippen LogP) is 1.11. The molecular weight excluding hydrogens is 242 g/mol. The van der Waals surface area contributed by atoms with Crippen LogP contribution in [0.2, 0.25) is 0 Å². The summed E-state index contributed by atoms with van der Waals surface area (Å²) in [5.41, 5.74) is 7.50. The third-order valence-corrected chi connectivity index (χ3v) is 2.87. The molecule has 0 aliphatic heterocycles. The van der Waals surface area contributed by atoms with E-state index in [9.17, 15) is 9.59 Å². The first-order valence-electron chi connectivity index (χ1n) is 5.87. The summed E-state index contributed by atoms with van der Waals surface area (Å²) in [6.07, 6.45) is 1.41. The molecule has 5 heteroatoms. The summed E-state index contributed by atoms with van der Waals surface area (Å²) in [6, 6.07) is 10.3. The molecule has 0 aliphatic carbocycles. The summed E-state index contributed by atoms with van der Waals surface area (Å²) in [7, 11) is 1.68. The first kappa shape index (κ1) is 13.0. The van der Waals surface area contributed by atoms with E-state index in [2.05, 4.69) is 4.98 Å². The van der Waals surface area contributed by atoms with Crippen molar-refractivity contribution in [1.29, 1.82) is 0 Å². The number of anilines is 1. The molecule has 0 aliphatic rings. The Hall–Kier alpha value is -2.40. The van der Waals surface area contributed by atoms with Gasteiger partial charge in [0.1, 0.15) is 0 Å². The molecule has 5 nitrogen and oxygen atoms in total. The van der Waals surface area contributed by atoms with Crippen LogP contribution in [0.25, 0.3) is 0 Å². The fourth-order valence-corrected chi connectivity index (χ4v) is 1.75. The van der Waals surface area contributed by atoms with Gasteiger partial charge in [0.25, 0.3) is 5.91 Å². The van der Waals surface area contributed by atoms with Gasteiger partial charge in [-0.05, 0) is 23.8 Å². The van der Waals surface area contributed by atoms with Crippen LogP contribution in [-0.2, 0) is 6.54 Å². The highest BCUT2D eigenvalue weighted by molar-refractivity contribution is 6.05. The zero-order chi connectivity index (χ0) is 13.8. The summed E-state index contributed by atoms with van der Waals surface area (Å²) >= 11 is 0. The fourth-order valence-electron chi connectivity index (χ4n) is 1.75. The van der Waals surface area contributed by atoms with Crippen molar-refractivity contribution in [1.82, 2.24) is 4.98 Å². The Morgan fingerprint density at radius 1 is 1.32 bits per heavy atom. The van der Waals surface area contributed by atoms with Gasteiger partial charge in [-0.2, -0.15) is 0 Å². The smallest absolute Gasteiger partial charge is 0.259 e. The van der Waals surface area contributed by atoms with E-state index in [4.69, 9.17) is 5.73 Å². The predicted molar refractivity (Wildman–Crippen MR) is 74.1 cm³/mol. The van der Waals surface area contributed by atoms with E-state index in [0.717, 1.165) is 11.3 Å². The largest absolute Gasteiger partial charge is 0.328 e. The maximum absolute atomic E-state index is 12.2. The number of nitrogens with zero attached hydrogens (tertiary/aromatic N) is 1. The lowest BCUT2D eigenvalue weighted by atomic mass is 10.1. The van der Waals surface area contributed by atoms with Gasteiger partial charge in [0, 0.05) is 31.5 Å². The minimum absolute atomic E-state index is 0.189. The van der Waals surface area contributed by atoms with E-state index in [0.29, 0.717) is 12.1 Å². The van der Waals surface area contributed by atoms with Gasteiger partial charge in [-0.25, -0.2) is 0 Å². The number of hydrogen-bond acceptors (Lipinski definition) is 3. The monoisotopic (exact) mass is 257 g/mol. The van der Waals surface area contributed by atoms with Crippen molar-refractivity contribution < 1.29 is 4.79 Å². The van der Waals surface area contributed by atoms with E-state index < -0.39 is 0 Å². The van der Waals surface area contributed by atoms with E-state index in [1.54, 1.807) is 7.05 Å². The molecule has 0 atom stereocenters. The van der Waals surface area contributed by atoms with Crippen LogP contribution < -0.4 is 16.2 Å². The van der Waals surface area contributed by atoms with Crippen molar-refractivity contribution in [2.75, 3.05) is 11.9 Å². The molecule has 2 aromatic rings. The number of carbonyl (C=O) groups is 1. The molecule has 0 spiro atoms. The first-order valence-corrected chi connectivity index (χ1v) is 5.87. The summed E-state index contributed by atoms with van der Waals surface area (Å²) in [4.78, 5) is 27.2. The lowest BCUT2D eigenvalue weighted by molar-refractivity contribution is 0.0992. The van der Waals surface area contributed by atoms with Gasteiger partial charge in [-0.1, -0.05) is 12.1 Å². The fraction of sp³-hybridized carbons (Fsp3) is 0.143. The van der Waals surface area contributed by atoms with Crippen molar-refractivity contribution in [3.05, 3.63) is 64.1 Å². The van der Waals surface area contributed by atoms with Crippen LogP contribution in [0.5, 0.6) is 0 Å². The number of pyridine rings is 1. The minimum Gasteiger partial charge on any atom is -0.328 e. The number of hydrogen-bond donors (Lipinski definition) is 2. The van der Waals surface area contributed by atoms with Gasteiger partial charge >= 0.3 is 0 Å². The molecule has 0 bridgehead atoms. The summed E-state index contributed by atoms with van der Waals surface area (Å²) in [5.74, 6) is -0.189. The van der Waals surface area contributed by atoms with Crippen molar-refractivity contribution >= 4 is 11.6 Å². The Labute approximate surface area is 110 Å². The standard InChI is InChI=1S/C14H15N3O2/c1-17(12-4-2-3-10(7-12)8-15)14(19)11-5-6-13(18)16-9-11/h2-7,9H,8,15H2,1H3,(H,16,18). The van der Waals surface area contributed by atoms with Crippen molar-refractivity contribution in [3.8, 4) is 0 Å². The van der Waals surface area contributed by atoms with E-state index >= 15 is 0 Å². The zero-order valence-electron chi connectivity index (χ0n) is 10.6. The van der Waals surface area contributed by atoms with Gasteiger partial charge in [-0.3, -0.25) is 9.59 Å². The molecule has 0 fully saturated rings. The van der Waals surface area contributed by atoms with E-state index in [1.807, 2.05) is 24.3 Å². The molecule has 19 heavy (non-hydrogen) atoms. The van der Waals surface area contributed by atoms with Crippen molar-refractivity contribution in [2.24, 2.45) is 5.73 Å². The number of nitrogens with two attached hydrogens (primary N) is 1. The second-order valence-corrected chi connectivity index (χ2v) is 4.18. The van der Waals surface area contributed by atoms with Gasteiger partial charge in [-0.15, -0.1) is 0 Å². The Kier molecular flexibility index (Phi) is 3.77. The number of amides is 1. The number of aromatic nitrogens is 1. The highest BCUT2D eigenvalue weighted by Gasteiger charge is 2.13. The Balaban J connectivity index is 2.27. The average Bonchev–Trinajstić information content (AvgIpc) is 2.46. The molecule has 98 valence electrons. The topological polar surface area (TPSA) is 79.2 Å². The van der Waals surface area contributed by atoms with Crippen LogP contribution >= 0.6 is 0 Å². The number of benzene rings is 1. The van der Waals surface area contributed by atoms with Gasteiger partial charge < -0.3 is 15.6 Å². The Morgan fingerprint density at radius 2 is 2.11 bits per heavy atom. The van der Waals surface area contributed by atoms with E-state index in [-0.39, 0.29) is 11.5 Å². The third kappa shape index (κ3) is 2.89. The van der Waals surface area contributed by atoms with Crippen molar-refractivity contribution in [2.45, 2.75) is 6.54 Å². The number of carbonyl (C=O) groups excluding carboxylic acids is 1. The Morgan fingerprint density at radius 3 is 2.74 bits per heavy atom. The van der Waals surface area contributed by atoms with Crippen LogP contribution in [0.4, 0.5) is 5.69 Å². The number of H-pyrrole nitrogens is 1. The van der Waals surface area contributed by atoms with Gasteiger partial charge in [0.05, 0.1) is 5.56 Å². The van der Waals surface area contributed by atoms with Crippen LogP contribution in [0, 0.1) is 0 Å². The van der Waals surface area contributed by atoms with Crippen LogP contribution in [0.15, 0.2) is 47.4 Å². The lowest BCUT2D eigenvalue weighted by Crippen LogP contribution is -2.27. The third-order valence-electron chi connectivity index (χ3n) is 2.87. The van der Waals surface area contributed by atoms with Crippen LogP contribution in [0.3, 0.4) is 0 Å². The summed E-state index contributed by atoms with van der Waals surface area (Å²) in [6.45, 7) is 0.425. The molecule has 1 heterocycles. The SMILES string of the molecule is CN(C(=O)c1ccc(=O)[nH]c1)c1cccc(CN)c1. The Bertz CT molecular complexity index is 629. The van der Waals surface area contributed by atoms with Gasteiger partial charge in [0.2, 0.25) is 5.56 Å². The molecule has 2 rings (SSSR count). The number of aromatic amines is 1. The average molecular weight is 257 g/mol. The molecule has 0 saturated heterocycles. The molecule has 0 unspecified atom stereocenters. The minimum atomic E-state index is -0.232. The lowest BCUT2D eigenvalue weighted by Gasteiger charge is -2.18. The maximum atomic E-state index is 12.2. The summed E-state index contributed by atoms with van der Waals surface area (Å²) in [5, 5.41) is 0. The van der Waals surface area contributed by atoms with Crippen molar-refractivity contribution in [3.63, 3.8) is 0 Å². The summed E-state index contributed by atoms with van der Waals surface area (Å²) < 4.78 is 0.